The van der Waals surface area contributed by atoms with Crippen molar-refractivity contribution < 1.29 is 29.0 Å². The van der Waals surface area contributed by atoms with Crippen LogP contribution in [0.4, 0.5) is 5.69 Å². The van der Waals surface area contributed by atoms with Gasteiger partial charge in [-0.05, 0) is 61.6 Å². The number of fused-ring (bicyclic) bond motifs is 1. The smallest absolute Gasteiger partial charge is 0.250 e. The van der Waals surface area contributed by atoms with Crippen LogP contribution in [0.25, 0.3) is 0 Å². The summed E-state index contributed by atoms with van der Waals surface area (Å²) in [5.41, 5.74) is 0.297. The number of nitrogens with zero attached hydrogens (tertiary/aromatic N) is 1. The first kappa shape index (κ1) is 28.9. The third-order valence-corrected chi connectivity index (χ3v) is 9.33. The van der Waals surface area contributed by atoms with Gasteiger partial charge in [-0.25, -0.2) is 0 Å². The number of carbonyl (C=O) groups is 3. The van der Waals surface area contributed by atoms with Crippen LogP contribution in [0.1, 0.15) is 30.9 Å². The Morgan fingerprint density at radius 2 is 1.63 bits per heavy atom. The third kappa shape index (κ3) is 5.06. The fraction of sp³-hybridized carbons (Fsp3) is 0.382. The number of amides is 3. The summed E-state index contributed by atoms with van der Waals surface area (Å²) in [5, 5.41) is 16.6. The van der Waals surface area contributed by atoms with Crippen molar-refractivity contribution in [2.24, 2.45) is 11.8 Å². The molecule has 3 amide bonds. The summed E-state index contributed by atoms with van der Waals surface area (Å²) >= 11 is 0. The molecule has 3 N–H and O–H groups in total. The first-order chi connectivity index (χ1) is 20.8. The van der Waals surface area contributed by atoms with Crippen molar-refractivity contribution in [1.82, 2.24) is 10.2 Å². The van der Waals surface area contributed by atoms with Gasteiger partial charge in [0.25, 0.3) is 0 Å². The maximum Gasteiger partial charge on any atom is 0.250 e. The van der Waals surface area contributed by atoms with Gasteiger partial charge >= 0.3 is 0 Å². The standard InChI is InChI=1S/C34H37N3O6/c1-33-17-18-34(43-33)28(27(33)30(39)35-20-23-11-7-4-8-12-23)32(41)37(25(21-38)19-22-9-5-3-6-10-22)29(34)31(40)36-24-13-15-26(42-2)16-14-24/h3-16,25,27-29,38H,17-21H2,1-2H3,(H,35,39)(H,36,40)/t25-,27+,28+,29?,33-,34?/m1/s1. The molecular formula is C34H37N3O6. The Balaban J connectivity index is 1.35. The van der Waals surface area contributed by atoms with Crippen molar-refractivity contribution in [3.05, 3.63) is 96.1 Å². The quantitative estimate of drug-likeness (QED) is 0.337. The maximum absolute atomic E-state index is 14.5. The number of methoxy groups -OCH3 is 1. The largest absolute Gasteiger partial charge is 0.497 e. The van der Waals surface area contributed by atoms with E-state index in [1.54, 1.807) is 31.4 Å². The highest BCUT2D eigenvalue weighted by Gasteiger charge is 2.78. The Labute approximate surface area is 251 Å². The van der Waals surface area contributed by atoms with Crippen LogP contribution in [0.5, 0.6) is 5.75 Å². The molecule has 3 aliphatic heterocycles. The van der Waals surface area contributed by atoms with Gasteiger partial charge in [-0.15, -0.1) is 0 Å². The molecule has 0 aliphatic carbocycles. The Morgan fingerprint density at radius 1 is 0.977 bits per heavy atom. The molecule has 3 fully saturated rings. The molecule has 3 aliphatic rings. The summed E-state index contributed by atoms with van der Waals surface area (Å²) < 4.78 is 12.0. The lowest BCUT2D eigenvalue weighted by atomic mass is 9.66. The second-order valence-corrected chi connectivity index (χ2v) is 11.9. The summed E-state index contributed by atoms with van der Waals surface area (Å²) in [7, 11) is 1.57. The molecule has 0 radical (unpaired) electrons. The van der Waals surface area contributed by atoms with E-state index < -0.39 is 41.0 Å². The lowest BCUT2D eigenvalue weighted by molar-refractivity contribution is -0.148. The summed E-state index contributed by atoms with van der Waals surface area (Å²) in [5.74, 6) is -2.03. The van der Waals surface area contributed by atoms with Crippen molar-refractivity contribution in [1.29, 1.82) is 0 Å². The van der Waals surface area contributed by atoms with Gasteiger partial charge in [0.1, 0.15) is 17.4 Å². The minimum absolute atomic E-state index is 0.272. The maximum atomic E-state index is 14.5. The Kier molecular flexibility index (Phi) is 7.70. The van der Waals surface area contributed by atoms with Crippen LogP contribution < -0.4 is 15.4 Å². The van der Waals surface area contributed by atoms with Crippen molar-refractivity contribution in [3.63, 3.8) is 0 Å². The Hall–Kier alpha value is -4.21. The van der Waals surface area contributed by atoms with E-state index >= 15 is 0 Å². The van der Waals surface area contributed by atoms with Crippen molar-refractivity contribution in [2.75, 3.05) is 19.0 Å². The highest BCUT2D eigenvalue weighted by molar-refractivity contribution is 6.04. The van der Waals surface area contributed by atoms with Crippen LogP contribution in [-0.4, -0.2) is 64.7 Å². The zero-order valence-electron chi connectivity index (χ0n) is 24.4. The molecule has 0 aromatic heterocycles. The fourth-order valence-corrected chi connectivity index (χ4v) is 7.37. The number of anilines is 1. The molecule has 3 heterocycles. The van der Waals surface area contributed by atoms with E-state index in [1.807, 2.05) is 67.6 Å². The second-order valence-electron chi connectivity index (χ2n) is 11.9. The van der Waals surface area contributed by atoms with Crippen LogP contribution in [0.2, 0.25) is 0 Å². The zero-order chi connectivity index (χ0) is 30.2. The number of hydrogen-bond acceptors (Lipinski definition) is 6. The van der Waals surface area contributed by atoms with Gasteiger partial charge in [0.15, 0.2) is 0 Å². The van der Waals surface area contributed by atoms with E-state index in [2.05, 4.69) is 10.6 Å². The highest BCUT2D eigenvalue weighted by atomic mass is 16.5. The minimum Gasteiger partial charge on any atom is -0.497 e. The minimum atomic E-state index is -1.21. The number of likely N-dealkylation sites (tertiary alicyclic amines) is 1. The number of carbonyl (C=O) groups excluding carboxylic acids is 3. The van der Waals surface area contributed by atoms with Gasteiger partial charge in [-0.2, -0.15) is 0 Å². The molecule has 1 spiro atoms. The van der Waals surface area contributed by atoms with E-state index in [0.29, 0.717) is 37.2 Å². The fourth-order valence-electron chi connectivity index (χ4n) is 7.37. The van der Waals surface area contributed by atoms with Crippen LogP contribution in [-0.2, 0) is 32.1 Å². The molecule has 3 saturated heterocycles. The summed E-state index contributed by atoms with van der Waals surface area (Å²) in [4.78, 5) is 44.1. The number of aliphatic hydroxyl groups excluding tert-OH is 1. The average molecular weight is 584 g/mol. The number of nitrogens with one attached hydrogen (secondary N) is 2. The van der Waals surface area contributed by atoms with Crippen LogP contribution in [0.15, 0.2) is 84.9 Å². The molecule has 0 saturated carbocycles. The van der Waals surface area contributed by atoms with Crippen molar-refractivity contribution in [3.8, 4) is 5.75 Å². The predicted molar refractivity (Wildman–Crippen MR) is 160 cm³/mol. The molecule has 9 nitrogen and oxygen atoms in total. The number of benzene rings is 3. The lowest BCUT2D eigenvalue weighted by Crippen LogP contribution is -2.57. The summed E-state index contributed by atoms with van der Waals surface area (Å²) in [6.45, 7) is 1.84. The molecule has 3 aromatic rings. The summed E-state index contributed by atoms with van der Waals surface area (Å²) in [6.07, 6.45) is 1.33. The van der Waals surface area contributed by atoms with Gasteiger partial charge in [0.2, 0.25) is 17.7 Å². The average Bonchev–Trinajstić information content (AvgIpc) is 3.60. The van der Waals surface area contributed by atoms with Crippen LogP contribution in [0.3, 0.4) is 0 Å². The number of hydrogen-bond donors (Lipinski definition) is 3. The molecule has 6 rings (SSSR count). The van der Waals surface area contributed by atoms with E-state index in [1.165, 1.54) is 4.90 Å². The molecule has 9 heteroatoms. The Morgan fingerprint density at radius 3 is 2.26 bits per heavy atom. The Bertz CT molecular complexity index is 1480. The van der Waals surface area contributed by atoms with E-state index in [-0.39, 0.29) is 18.4 Å². The van der Waals surface area contributed by atoms with Crippen LogP contribution >= 0.6 is 0 Å². The lowest BCUT2D eigenvalue weighted by Gasteiger charge is -2.37. The molecule has 43 heavy (non-hydrogen) atoms. The first-order valence-electron chi connectivity index (χ1n) is 14.7. The van der Waals surface area contributed by atoms with Crippen LogP contribution in [0, 0.1) is 11.8 Å². The van der Waals surface area contributed by atoms with Gasteiger partial charge in [0, 0.05) is 12.2 Å². The van der Waals surface area contributed by atoms with E-state index in [9.17, 15) is 19.5 Å². The van der Waals surface area contributed by atoms with E-state index in [0.717, 1.165) is 11.1 Å². The SMILES string of the molecule is COc1ccc(NC(=O)C2N([C@@H](CO)Cc3ccccc3)C(=O)[C@@H]3[C@@H](C(=O)NCc4ccccc4)[C@@]4(C)CCC23O4)cc1. The number of rotatable bonds is 10. The van der Waals surface area contributed by atoms with Gasteiger partial charge in [-0.1, -0.05) is 60.7 Å². The normalized spacial score (nSPS) is 27.9. The number of ether oxygens (including phenoxy) is 2. The molecule has 6 atom stereocenters. The molecule has 3 aromatic carbocycles. The molecule has 2 unspecified atom stereocenters. The molecule has 2 bridgehead atoms. The molecular weight excluding hydrogens is 546 g/mol. The zero-order valence-corrected chi connectivity index (χ0v) is 24.4. The van der Waals surface area contributed by atoms with Gasteiger partial charge in [0.05, 0.1) is 37.2 Å². The topological polar surface area (TPSA) is 117 Å². The van der Waals surface area contributed by atoms with Crippen molar-refractivity contribution >= 4 is 23.4 Å². The monoisotopic (exact) mass is 583 g/mol. The highest BCUT2D eigenvalue weighted by Crippen LogP contribution is 2.63. The van der Waals surface area contributed by atoms with Crippen molar-refractivity contribution in [2.45, 2.75) is 56.0 Å². The van der Waals surface area contributed by atoms with Gasteiger partial charge < -0.3 is 30.1 Å². The predicted octanol–water partition coefficient (Wildman–Crippen LogP) is 3.32. The molecule has 224 valence electrons. The third-order valence-electron chi connectivity index (χ3n) is 9.33. The second kappa shape index (κ2) is 11.5. The summed E-state index contributed by atoms with van der Waals surface area (Å²) in [6, 6.07) is 24.4. The van der Waals surface area contributed by atoms with E-state index in [4.69, 9.17) is 9.47 Å². The first-order valence-corrected chi connectivity index (χ1v) is 14.7. The number of aliphatic hydroxyl groups is 1. The van der Waals surface area contributed by atoms with Gasteiger partial charge in [-0.3, -0.25) is 14.4 Å².